The Hall–Kier alpha value is -4.13. The summed E-state index contributed by atoms with van der Waals surface area (Å²) < 4.78 is 10.8. The second kappa shape index (κ2) is 10.4. The van der Waals surface area contributed by atoms with E-state index in [9.17, 15) is 14.7 Å². The number of para-hydroxylation sites is 2. The average Bonchev–Trinajstić information content (AvgIpc) is 2.78. The standard InChI is InChI=1S/C23H20N2O5/c26-22(27)16-30-21-9-5-4-6-19(21)14-24-25-23(28)18-12-10-17(11-13-18)15-29-20-7-2-1-3-8-20/h1-14H,15-16H2,(H,25,28)(H,26,27)/p-1/b24-14-. The molecule has 0 atom stereocenters. The van der Waals surface area contributed by atoms with E-state index in [1.165, 1.54) is 6.21 Å². The zero-order valence-corrected chi connectivity index (χ0v) is 16.0. The van der Waals surface area contributed by atoms with Crippen molar-refractivity contribution in [3.8, 4) is 11.5 Å². The molecule has 3 aromatic carbocycles. The third-order valence-electron chi connectivity index (χ3n) is 4.00. The van der Waals surface area contributed by atoms with Crippen molar-refractivity contribution in [3.05, 3.63) is 95.6 Å². The van der Waals surface area contributed by atoms with Gasteiger partial charge in [0.25, 0.3) is 5.91 Å². The molecule has 0 aliphatic heterocycles. The second-order valence-electron chi connectivity index (χ2n) is 6.20. The fraction of sp³-hybridized carbons (Fsp3) is 0.0870. The maximum atomic E-state index is 12.3. The summed E-state index contributed by atoms with van der Waals surface area (Å²) in [5.41, 5.74) is 4.32. The van der Waals surface area contributed by atoms with E-state index in [4.69, 9.17) is 9.47 Å². The Morgan fingerprint density at radius 2 is 1.60 bits per heavy atom. The number of carbonyl (C=O) groups is 2. The zero-order chi connectivity index (χ0) is 21.2. The second-order valence-corrected chi connectivity index (χ2v) is 6.20. The normalized spacial score (nSPS) is 10.5. The number of carboxylic acids is 1. The van der Waals surface area contributed by atoms with Crippen molar-refractivity contribution in [2.24, 2.45) is 5.10 Å². The summed E-state index contributed by atoms with van der Waals surface area (Å²) >= 11 is 0. The highest BCUT2D eigenvalue weighted by molar-refractivity contribution is 5.95. The molecule has 0 aliphatic carbocycles. The monoisotopic (exact) mass is 403 g/mol. The summed E-state index contributed by atoms with van der Waals surface area (Å²) in [7, 11) is 0. The number of aliphatic carboxylic acids is 1. The van der Waals surface area contributed by atoms with E-state index in [0.717, 1.165) is 11.3 Å². The Labute approximate surface area is 173 Å². The van der Waals surface area contributed by atoms with Gasteiger partial charge in [-0.3, -0.25) is 4.79 Å². The Balaban J connectivity index is 1.54. The van der Waals surface area contributed by atoms with E-state index in [-0.39, 0.29) is 5.91 Å². The number of benzene rings is 3. The average molecular weight is 403 g/mol. The van der Waals surface area contributed by atoms with E-state index in [1.807, 2.05) is 42.5 Å². The molecular formula is C23H19N2O5-. The quantitative estimate of drug-likeness (QED) is 0.436. The van der Waals surface area contributed by atoms with Crippen LogP contribution < -0.4 is 20.0 Å². The molecule has 0 aromatic heterocycles. The molecule has 3 rings (SSSR count). The number of ether oxygens (including phenoxy) is 2. The number of hydrazone groups is 1. The van der Waals surface area contributed by atoms with Gasteiger partial charge in [-0.2, -0.15) is 5.10 Å². The highest BCUT2D eigenvalue weighted by Crippen LogP contribution is 2.15. The first-order valence-corrected chi connectivity index (χ1v) is 9.13. The number of amides is 1. The fourth-order valence-electron chi connectivity index (χ4n) is 2.52. The number of hydrogen-bond acceptors (Lipinski definition) is 6. The van der Waals surface area contributed by atoms with E-state index >= 15 is 0 Å². The van der Waals surface area contributed by atoms with Crippen molar-refractivity contribution < 1.29 is 24.2 Å². The van der Waals surface area contributed by atoms with Gasteiger partial charge in [-0.15, -0.1) is 0 Å². The van der Waals surface area contributed by atoms with Crippen molar-refractivity contribution in [1.29, 1.82) is 0 Å². The largest absolute Gasteiger partial charge is 0.546 e. The summed E-state index contributed by atoms with van der Waals surface area (Å²) in [6.07, 6.45) is 1.38. The number of carboxylic acid groups (broad SMARTS) is 1. The number of hydrogen-bond donors (Lipinski definition) is 1. The molecule has 0 saturated carbocycles. The van der Waals surface area contributed by atoms with E-state index in [2.05, 4.69) is 10.5 Å². The van der Waals surface area contributed by atoms with Crippen LogP contribution in [-0.2, 0) is 11.4 Å². The van der Waals surface area contributed by atoms with E-state index < -0.39 is 12.6 Å². The van der Waals surface area contributed by atoms with Crippen LogP contribution in [0.15, 0.2) is 84.0 Å². The predicted molar refractivity (Wildman–Crippen MR) is 109 cm³/mol. The Kier molecular flexibility index (Phi) is 7.16. The highest BCUT2D eigenvalue weighted by atomic mass is 16.5. The van der Waals surface area contributed by atoms with Gasteiger partial charge in [-0.05, 0) is 42.0 Å². The summed E-state index contributed by atoms with van der Waals surface area (Å²) in [6.45, 7) is -0.176. The van der Waals surface area contributed by atoms with Crippen molar-refractivity contribution in [2.75, 3.05) is 6.61 Å². The molecule has 0 saturated heterocycles. The molecule has 7 heteroatoms. The maximum Gasteiger partial charge on any atom is 0.271 e. The van der Waals surface area contributed by atoms with Crippen LogP contribution in [0.5, 0.6) is 11.5 Å². The first kappa shape index (κ1) is 20.6. The molecule has 7 nitrogen and oxygen atoms in total. The van der Waals surface area contributed by atoms with Gasteiger partial charge < -0.3 is 19.4 Å². The number of carbonyl (C=O) groups excluding carboxylic acids is 2. The summed E-state index contributed by atoms with van der Waals surface area (Å²) in [5.74, 6) is -0.609. The van der Waals surface area contributed by atoms with Gasteiger partial charge in [0, 0.05) is 11.1 Å². The third kappa shape index (κ3) is 6.20. The molecular weight excluding hydrogens is 384 g/mol. The van der Waals surface area contributed by atoms with Gasteiger partial charge in [0.2, 0.25) is 0 Å². The molecule has 1 N–H and O–H groups in total. The molecule has 0 fully saturated rings. The molecule has 0 radical (unpaired) electrons. The van der Waals surface area contributed by atoms with Gasteiger partial charge >= 0.3 is 0 Å². The lowest BCUT2D eigenvalue weighted by Gasteiger charge is -2.09. The van der Waals surface area contributed by atoms with Crippen LogP contribution in [0.4, 0.5) is 0 Å². The van der Waals surface area contributed by atoms with Crippen LogP contribution in [-0.4, -0.2) is 24.7 Å². The molecule has 0 bridgehead atoms. The van der Waals surface area contributed by atoms with Gasteiger partial charge in [0.1, 0.15) is 24.7 Å². The van der Waals surface area contributed by atoms with Crippen molar-refractivity contribution >= 4 is 18.1 Å². The first-order chi connectivity index (χ1) is 14.6. The van der Waals surface area contributed by atoms with Crippen molar-refractivity contribution in [2.45, 2.75) is 6.61 Å². The van der Waals surface area contributed by atoms with Crippen LogP contribution >= 0.6 is 0 Å². The molecule has 0 spiro atoms. The minimum Gasteiger partial charge on any atom is -0.546 e. The van der Waals surface area contributed by atoms with Crippen LogP contribution in [0.3, 0.4) is 0 Å². The summed E-state index contributed by atoms with van der Waals surface area (Å²) in [4.78, 5) is 22.8. The molecule has 0 heterocycles. The van der Waals surface area contributed by atoms with E-state index in [1.54, 1.807) is 36.4 Å². The van der Waals surface area contributed by atoms with Gasteiger partial charge in [-0.1, -0.05) is 42.5 Å². The number of rotatable bonds is 9. The molecule has 152 valence electrons. The predicted octanol–water partition coefficient (Wildman–Crippen LogP) is 2.16. The highest BCUT2D eigenvalue weighted by Gasteiger charge is 2.05. The number of nitrogens with zero attached hydrogens (tertiary/aromatic N) is 1. The Morgan fingerprint density at radius 3 is 2.33 bits per heavy atom. The van der Waals surface area contributed by atoms with Gasteiger partial charge in [0.05, 0.1) is 12.2 Å². The van der Waals surface area contributed by atoms with Crippen molar-refractivity contribution in [3.63, 3.8) is 0 Å². The lowest BCUT2D eigenvalue weighted by Crippen LogP contribution is -2.29. The lowest BCUT2D eigenvalue weighted by atomic mass is 10.1. The Morgan fingerprint density at radius 1 is 0.900 bits per heavy atom. The SMILES string of the molecule is O=C([O-])COc1ccccc1/C=N\NC(=O)c1ccc(COc2ccccc2)cc1. The number of nitrogens with one attached hydrogen (secondary N) is 1. The molecule has 3 aromatic rings. The maximum absolute atomic E-state index is 12.3. The van der Waals surface area contributed by atoms with Crippen molar-refractivity contribution in [1.82, 2.24) is 5.43 Å². The third-order valence-corrected chi connectivity index (χ3v) is 4.00. The summed E-state index contributed by atoms with van der Waals surface area (Å²) in [6, 6.07) is 23.2. The van der Waals surface area contributed by atoms with Gasteiger partial charge in [0.15, 0.2) is 0 Å². The zero-order valence-electron chi connectivity index (χ0n) is 16.0. The van der Waals surface area contributed by atoms with Crippen LogP contribution in [0.1, 0.15) is 21.5 Å². The van der Waals surface area contributed by atoms with Crippen LogP contribution in [0.25, 0.3) is 0 Å². The molecule has 30 heavy (non-hydrogen) atoms. The van der Waals surface area contributed by atoms with Crippen LogP contribution in [0, 0.1) is 0 Å². The molecule has 1 amide bonds. The van der Waals surface area contributed by atoms with Crippen LogP contribution in [0.2, 0.25) is 0 Å². The smallest absolute Gasteiger partial charge is 0.271 e. The first-order valence-electron chi connectivity index (χ1n) is 9.13. The lowest BCUT2D eigenvalue weighted by molar-refractivity contribution is -0.307. The summed E-state index contributed by atoms with van der Waals surface area (Å²) in [5, 5.41) is 14.5. The molecule has 0 unspecified atom stereocenters. The minimum absolute atomic E-state index is 0.322. The fourth-order valence-corrected chi connectivity index (χ4v) is 2.52. The van der Waals surface area contributed by atoms with E-state index in [0.29, 0.717) is 23.5 Å². The van der Waals surface area contributed by atoms with Gasteiger partial charge in [-0.25, -0.2) is 5.43 Å². The topological polar surface area (TPSA) is 100 Å². The minimum atomic E-state index is -1.33. The molecule has 0 aliphatic rings. The Bertz CT molecular complexity index is 1020.